The van der Waals surface area contributed by atoms with Crippen LogP contribution in [0.2, 0.25) is 0 Å². The lowest BCUT2D eigenvalue weighted by molar-refractivity contribution is -0.125. The van der Waals surface area contributed by atoms with Crippen LogP contribution in [-0.2, 0) is 19.8 Å². The summed E-state index contributed by atoms with van der Waals surface area (Å²) in [6, 6.07) is 9.48. The van der Waals surface area contributed by atoms with E-state index in [-0.39, 0.29) is 0 Å². The van der Waals surface area contributed by atoms with Gasteiger partial charge in [-0.25, -0.2) is 0 Å². The fourth-order valence-electron chi connectivity index (χ4n) is 2.16. The number of benzene rings is 1. The van der Waals surface area contributed by atoms with Crippen LogP contribution < -0.4 is 11.1 Å². The first kappa shape index (κ1) is 16.6. The third kappa shape index (κ3) is 4.30. The van der Waals surface area contributed by atoms with Crippen molar-refractivity contribution in [2.24, 2.45) is 5.73 Å². The van der Waals surface area contributed by atoms with Gasteiger partial charge in [-0.2, -0.15) is 0 Å². The molecule has 0 fully saturated rings. The minimum absolute atomic E-state index is 0.397. The van der Waals surface area contributed by atoms with Gasteiger partial charge < -0.3 is 20.5 Å². The Morgan fingerprint density at radius 3 is 2.50 bits per heavy atom. The van der Waals surface area contributed by atoms with Gasteiger partial charge in [-0.05, 0) is 19.0 Å². The monoisotopic (exact) mass is 280 g/mol. The summed E-state index contributed by atoms with van der Waals surface area (Å²) in [6.07, 6.45) is 1.33. The van der Waals surface area contributed by atoms with Gasteiger partial charge in [0.05, 0.1) is 0 Å². The van der Waals surface area contributed by atoms with Crippen LogP contribution in [0.25, 0.3) is 0 Å². The minimum Gasteiger partial charge on any atom is -0.385 e. The first-order valence-corrected chi connectivity index (χ1v) is 6.78. The maximum Gasteiger partial charge on any atom is 0.242 e. The number of carbonyl (C=O) groups is 1. The quantitative estimate of drug-likeness (QED) is 0.628. The molecule has 0 radical (unpaired) electrons. The van der Waals surface area contributed by atoms with Crippen LogP contribution in [0.4, 0.5) is 0 Å². The fourth-order valence-corrected chi connectivity index (χ4v) is 2.16. The average Bonchev–Trinajstić information content (AvgIpc) is 2.47. The summed E-state index contributed by atoms with van der Waals surface area (Å²) >= 11 is 0. The highest BCUT2D eigenvalue weighted by Crippen LogP contribution is 2.24. The van der Waals surface area contributed by atoms with Crippen molar-refractivity contribution in [1.29, 1.82) is 0 Å². The van der Waals surface area contributed by atoms with Gasteiger partial charge >= 0.3 is 0 Å². The van der Waals surface area contributed by atoms with Gasteiger partial charge in [0.2, 0.25) is 5.91 Å². The predicted octanol–water partition coefficient (Wildman–Crippen LogP) is 1.03. The zero-order chi connectivity index (χ0) is 14.8. The molecule has 0 spiro atoms. The molecule has 0 saturated carbocycles. The number of hydrogen-bond donors (Lipinski definition) is 2. The first-order chi connectivity index (χ1) is 9.67. The number of amides is 1. The molecule has 1 aromatic carbocycles. The van der Waals surface area contributed by atoms with Crippen LogP contribution in [0.1, 0.15) is 18.4 Å². The lowest BCUT2D eigenvalue weighted by atomic mass is 9.86. The number of hydrogen-bond acceptors (Lipinski definition) is 4. The van der Waals surface area contributed by atoms with Crippen molar-refractivity contribution in [2.75, 3.05) is 34.0 Å². The predicted molar refractivity (Wildman–Crippen MR) is 78.3 cm³/mol. The maximum atomic E-state index is 11.9. The minimum atomic E-state index is -0.886. The van der Waals surface area contributed by atoms with Crippen molar-refractivity contribution in [2.45, 2.75) is 18.4 Å². The lowest BCUT2D eigenvalue weighted by Crippen LogP contribution is -2.51. The molecule has 112 valence electrons. The number of primary amides is 1. The van der Waals surface area contributed by atoms with Crippen molar-refractivity contribution in [3.05, 3.63) is 35.9 Å². The number of methoxy groups -OCH3 is 1. The van der Waals surface area contributed by atoms with E-state index in [0.29, 0.717) is 26.2 Å². The summed E-state index contributed by atoms with van der Waals surface area (Å²) in [5, 5.41) is 3.05. The molecular formula is C15H24N2O3. The Balaban J connectivity index is 2.64. The summed E-state index contributed by atoms with van der Waals surface area (Å²) in [5.41, 5.74) is 5.57. The molecule has 5 heteroatoms. The molecule has 3 N–H and O–H groups in total. The Morgan fingerprint density at radius 2 is 1.95 bits per heavy atom. The summed E-state index contributed by atoms with van der Waals surface area (Å²) in [5.74, 6) is -0.397. The highest BCUT2D eigenvalue weighted by Gasteiger charge is 2.36. The summed E-state index contributed by atoms with van der Waals surface area (Å²) in [7, 11) is 3.40. The fraction of sp³-hybridized carbons (Fsp3) is 0.533. The van der Waals surface area contributed by atoms with E-state index < -0.39 is 11.4 Å². The Kier molecular flexibility index (Phi) is 7.22. The summed E-state index contributed by atoms with van der Waals surface area (Å²) in [4.78, 5) is 11.9. The van der Waals surface area contributed by atoms with Crippen molar-refractivity contribution in [3.8, 4) is 0 Å². The number of nitrogens with two attached hydrogens (primary N) is 1. The molecule has 0 heterocycles. The molecular weight excluding hydrogens is 256 g/mol. The van der Waals surface area contributed by atoms with Crippen LogP contribution in [-0.4, -0.2) is 39.9 Å². The Morgan fingerprint density at radius 1 is 1.25 bits per heavy atom. The van der Waals surface area contributed by atoms with Crippen molar-refractivity contribution in [3.63, 3.8) is 0 Å². The number of ether oxygens (including phenoxy) is 2. The molecule has 1 amide bonds. The van der Waals surface area contributed by atoms with Gasteiger partial charge in [-0.1, -0.05) is 30.3 Å². The van der Waals surface area contributed by atoms with E-state index in [1.165, 1.54) is 0 Å². The molecule has 1 unspecified atom stereocenters. The van der Waals surface area contributed by atoms with Gasteiger partial charge in [0.1, 0.15) is 5.54 Å². The third-order valence-electron chi connectivity index (χ3n) is 3.37. The van der Waals surface area contributed by atoms with Crippen molar-refractivity contribution < 1.29 is 14.3 Å². The molecule has 1 atom stereocenters. The van der Waals surface area contributed by atoms with Crippen LogP contribution in [0.5, 0.6) is 0 Å². The SMILES string of the molecule is CNC(CCOCCCOC)(C(N)=O)c1ccccc1. The Bertz CT molecular complexity index is 397. The highest BCUT2D eigenvalue weighted by molar-refractivity contribution is 5.86. The molecule has 5 nitrogen and oxygen atoms in total. The molecule has 0 aliphatic carbocycles. The second kappa shape index (κ2) is 8.68. The summed E-state index contributed by atoms with van der Waals surface area (Å²) in [6.45, 7) is 1.75. The molecule has 0 aliphatic rings. The van der Waals surface area contributed by atoms with E-state index in [1.54, 1.807) is 14.2 Å². The van der Waals surface area contributed by atoms with Gasteiger partial charge in [-0.15, -0.1) is 0 Å². The topological polar surface area (TPSA) is 73.6 Å². The van der Waals surface area contributed by atoms with Crippen LogP contribution in [0.3, 0.4) is 0 Å². The second-order valence-corrected chi connectivity index (χ2v) is 4.59. The summed E-state index contributed by atoms with van der Waals surface area (Å²) < 4.78 is 10.5. The van der Waals surface area contributed by atoms with Gasteiger partial charge in [0.25, 0.3) is 0 Å². The molecule has 20 heavy (non-hydrogen) atoms. The number of nitrogens with one attached hydrogen (secondary N) is 1. The van der Waals surface area contributed by atoms with E-state index in [9.17, 15) is 4.79 Å². The molecule has 0 aromatic heterocycles. The second-order valence-electron chi connectivity index (χ2n) is 4.59. The molecule has 0 aliphatic heterocycles. The highest BCUT2D eigenvalue weighted by atomic mass is 16.5. The molecule has 1 aromatic rings. The number of rotatable bonds is 10. The zero-order valence-corrected chi connectivity index (χ0v) is 12.2. The normalized spacial score (nSPS) is 13.9. The van der Waals surface area contributed by atoms with Gasteiger partial charge in [0.15, 0.2) is 0 Å². The van der Waals surface area contributed by atoms with Crippen molar-refractivity contribution in [1.82, 2.24) is 5.32 Å². The van der Waals surface area contributed by atoms with Crippen LogP contribution in [0.15, 0.2) is 30.3 Å². The lowest BCUT2D eigenvalue weighted by Gasteiger charge is -2.30. The molecule has 0 bridgehead atoms. The zero-order valence-electron chi connectivity index (χ0n) is 12.2. The van der Waals surface area contributed by atoms with E-state index in [2.05, 4.69) is 5.32 Å². The first-order valence-electron chi connectivity index (χ1n) is 6.78. The largest absolute Gasteiger partial charge is 0.385 e. The maximum absolute atomic E-state index is 11.9. The number of carbonyl (C=O) groups excluding carboxylic acids is 1. The van der Waals surface area contributed by atoms with E-state index in [0.717, 1.165) is 12.0 Å². The van der Waals surface area contributed by atoms with Gasteiger partial charge in [-0.3, -0.25) is 4.79 Å². The van der Waals surface area contributed by atoms with E-state index in [4.69, 9.17) is 15.2 Å². The van der Waals surface area contributed by atoms with Crippen molar-refractivity contribution >= 4 is 5.91 Å². The Hall–Kier alpha value is -1.43. The van der Waals surface area contributed by atoms with E-state index >= 15 is 0 Å². The van der Waals surface area contributed by atoms with Crippen LogP contribution in [0, 0.1) is 0 Å². The van der Waals surface area contributed by atoms with Crippen LogP contribution >= 0.6 is 0 Å². The van der Waals surface area contributed by atoms with E-state index in [1.807, 2.05) is 30.3 Å². The average molecular weight is 280 g/mol. The number of likely N-dealkylation sites (N-methyl/N-ethyl adjacent to an activating group) is 1. The standard InChI is InChI=1S/C15H24N2O3/c1-17-15(14(16)18,13-7-4-3-5-8-13)9-12-20-11-6-10-19-2/h3-5,7-8,17H,6,9-12H2,1-2H3,(H2,16,18). The third-order valence-corrected chi connectivity index (χ3v) is 3.37. The Labute approximate surface area is 120 Å². The molecule has 0 saturated heterocycles. The smallest absolute Gasteiger partial charge is 0.242 e. The molecule has 1 rings (SSSR count). The van der Waals surface area contributed by atoms with Gasteiger partial charge in [0, 0.05) is 33.4 Å².